The van der Waals surface area contributed by atoms with Crippen molar-refractivity contribution in [2.45, 2.75) is 51.0 Å². The summed E-state index contributed by atoms with van der Waals surface area (Å²) in [5, 5.41) is 0. The van der Waals surface area contributed by atoms with E-state index in [-0.39, 0.29) is 11.9 Å². The van der Waals surface area contributed by atoms with Gasteiger partial charge in [0.25, 0.3) is 0 Å². The Hall–Kier alpha value is -0.410. The minimum Gasteiger partial charge on any atom is -0.327 e. The van der Waals surface area contributed by atoms with Crippen LogP contribution >= 0.6 is 15.9 Å². The summed E-state index contributed by atoms with van der Waals surface area (Å²) in [6.07, 6.45) is 9.05. The molecule has 0 aromatic heterocycles. The molecular formula is C18H23BrFN. The minimum absolute atomic E-state index is 0.170. The molecule has 0 saturated heterocycles. The van der Waals surface area contributed by atoms with Crippen molar-refractivity contribution in [2.75, 3.05) is 0 Å². The normalized spacial score (nSPS) is 38.7. The molecule has 0 spiro atoms. The number of rotatable bonds is 3. The fourth-order valence-corrected chi connectivity index (χ4v) is 6.22. The molecule has 4 fully saturated rings. The van der Waals surface area contributed by atoms with Crippen molar-refractivity contribution in [3.8, 4) is 0 Å². The zero-order valence-electron chi connectivity index (χ0n) is 12.3. The maximum atomic E-state index is 13.7. The second-order valence-electron chi connectivity index (χ2n) is 7.80. The standard InChI is InChI=1S/C18H23BrFN/c19-17-14(2-1-3-15(17)20)7-16(21)18-8-11-4-12(9-18)6-13(5-11)10-18/h1-3,11-13,16H,4-10,21H2. The van der Waals surface area contributed by atoms with Gasteiger partial charge in [0, 0.05) is 6.04 Å². The van der Waals surface area contributed by atoms with Gasteiger partial charge in [0.05, 0.1) is 4.47 Å². The van der Waals surface area contributed by atoms with E-state index < -0.39 is 0 Å². The molecule has 114 valence electrons. The first-order chi connectivity index (χ1) is 10.1. The van der Waals surface area contributed by atoms with Crippen molar-refractivity contribution < 1.29 is 4.39 Å². The SMILES string of the molecule is NC(Cc1cccc(F)c1Br)C12CC3CC(CC(C3)C1)C2. The van der Waals surface area contributed by atoms with Gasteiger partial charge in [0.2, 0.25) is 0 Å². The van der Waals surface area contributed by atoms with Gasteiger partial charge in [-0.05, 0) is 95.7 Å². The van der Waals surface area contributed by atoms with Crippen LogP contribution in [-0.4, -0.2) is 6.04 Å². The Bertz CT molecular complexity index is 521. The summed E-state index contributed by atoms with van der Waals surface area (Å²) in [6, 6.07) is 5.48. The van der Waals surface area contributed by atoms with E-state index in [2.05, 4.69) is 15.9 Å². The van der Waals surface area contributed by atoms with Gasteiger partial charge >= 0.3 is 0 Å². The molecule has 0 heterocycles. The molecule has 4 saturated carbocycles. The third-order valence-corrected chi connectivity index (χ3v) is 7.23. The Balaban J connectivity index is 1.57. The van der Waals surface area contributed by atoms with Gasteiger partial charge in [0.1, 0.15) is 5.82 Å². The van der Waals surface area contributed by atoms with Crippen LogP contribution in [0.25, 0.3) is 0 Å². The van der Waals surface area contributed by atoms with Crippen molar-refractivity contribution in [1.29, 1.82) is 0 Å². The van der Waals surface area contributed by atoms with Crippen LogP contribution in [0.15, 0.2) is 22.7 Å². The van der Waals surface area contributed by atoms with Crippen LogP contribution < -0.4 is 5.73 Å². The van der Waals surface area contributed by atoms with E-state index in [0.29, 0.717) is 9.89 Å². The van der Waals surface area contributed by atoms with Gasteiger partial charge < -0.3 is 5.73 Å². The number of halogens is 2. The lowest BCUT2D eigenvalue weighted by molar-refractivity contribution is -0.0668. The average Bonchev–Trinajstić information content (AvgIpc) is 2.42. The van der Waals surface area contributed by atoms with Gasteiger partial charge in [-0.25, -0.2) is 4.39 Å². The van der Waals surface area contributed by atoms with Crippen LogP contribution in [0, 0.1) is 29.0 Å². The van der Waals surface area contributed by atoms with Crippen LogP contribution in [0.4, 0.5) is 4.39 Å². The highest BCUT2D eigenvalue weighted by molar-refractivity contribution is 9.10. The lowest BCUT2D eigenvalue weighted by atomic mass is 9.47. The molecule has 2 N–H and O–H groups in total. The molecule has 0 amide bonds. The van der Waals surface area contributed by atoms with Crippen LogP contribution in [0.2, 0.25) is 0 Å². The summed E-state index contributed by atoms with van der Waals surface area (Å²) in [6.45, 7) is 0. The summed E-state index contributed by atoms with van der Waals surface area (Å²) in [7, 11) is 0. The maximum absolute atomic E-state index is 13.7. The second-order valence-corrected chi connectivity index (χ2v) is 8.60. The fourth-order valence-electron chi connectivity index (χ4n) is 5.79. The summed E-state index contributed by atoms with van der Waals surface area (Å²) in [5.41, 5.74) is 8.04. The van der Waals surface area contributed by atoms with Crippen molar-refractivity contribution in [2.24, 2.45) is 28.9 Å². The number of benzene rings is 1. The monoisotopic (exact) mass is 351 g/mol. The van der Waals surface area contributed by atoms with Gasteiger partial charge in [-0.2, -0.15) is 0 Å². The van der Waals surface area contributed by atoms with E-state index in [1.807, 2.05) is 6.07 Å². The van der Waals surface area contributed by atoms with E-state index in [4.69, 9.17) is 5.73 Å². The Kier molecular flexibility index (Phi) is 3.42. The molecule has 0 radical (unpaired) electrons. The molecule has 4 aliphatic rings. The molecule has 21 heavy (non-hydrogen) atoms. The molecule has 4 bridgehead atoms. The lowest BCUT2D eigenvalue weighted by Gasteiger charge is -2.59. The minimum atomic E-state index is -0.176. The third-order valence-electron chi connectivity index (χ3n) is 6.34. The lowest BCUT2D eigenvalue weighted by Crippen LogP contribution is -2.55. The molecular weight excluding hydrogens is 329 g/mol. The fraction of sp³-hybridized carbons (Fsp3) is 0.667. The van der Waals surface area contributed by atoms with E-state index in [9.17, 15) is 4.39 Å². The largest absolute Gasteiger partial charge is 0.327 e. The Labute approximate surface area is 134 Å². The smallest absolute Gasteiger partial charge is 0.137 e. The molecule has 1 aromatic carbocycles. The van der Waals surface area contributed by atoms with Gasteiger partial charge in [-0.3, -0.25) is 0 Å². The predicted octanol–water partition coefficient (Wildman–Crippen LogP) is 4.67. The molecule has 5 rings (SSSR count). The number of hydrogen-bond donors (Lipinski definition) is 1. The summed E-state index contributed by atoms with van der Waals surface area (Å²) < 4.78 is 14.3. The van der Waals surface area contributed by atoms with Crippen LogP contribution in [-0.2, 0) is 6.42 Å². The highest BCUT2D eigenvalue weighted by Gasteiger charge is 2.53. The highest BCUT2D eigenvalue weighted by Crippen LogP contribution is 2.61. The van der Waals surface area contributed by atoms with Crippen molar-refractivity contribution >= 4 is 15.9 Å². The summed E-state index contributed by atoms with van der Waals surface area (Å²) >= 11 is 3.39. The van der Waals surface area contributed by atoms with Crippen LogP contribution in [0.1, 0.15) is 44.1 Å². The molecule has 3 heteroatoms. The summed E-state index contributed by atoms with van der Waals surface area (Å²) in [5.74, 6) is 2.57. The third kappa shape index (κ3) is 2.37. The Morgan fingerprint density at radius 1 is 1.14 bits per heavy atom. The number of hydrogen-bond acceptors (Lipinski definition) is 1. The maximum Gasteiger partial charge on any atom is 0.137 e. The van der Waals surface area contributed by atoms with Crippen molar-refractivity contribution in [1.82, 2.24) is 0 Å². The molecule has 1 atom stereocenters. The van der Waals surface area contributed by atoms with Crippen molar-refractivity contribution in [3.05, 3.63) is 34.1 Å². The average molecular weight is 352 g/mol. The second kappa shape index (κ2) is 5.06. The molecule has 4 aliphatic carbocycles. The Morgan fingerprint density at radius 3 is 2.29 bits per heavy atom. The topological polar surface area (TPSA) is 26.0 Å². The number of nitrogens with two attached hydrogens (primary N) is 1. The molecule has 1 unspecified atom stereocenters. The highest BCUT2D eigenvalue weighted by atomic mass is 79.9. The zero-order chi connectivity index (χ0) is 14.6. The molecule has 1 nitrogen and oxygen atoms in total. The van der Waals surface area contributed by atoms with Gasteiger partial charge in [-0.15, -0.1) is 0 Å². The first-order valence-corrected chi connectivity index (χ1v) is 9.03. The molecule has 0 aliphatic heterocycles. The quantitative estimate of drug-likeness (QED) is 0.840. The van der Waals surface area contributed by atoms with Gasteiger partial charge in [0.15, 0.2) is 0 Å². The van der Waals surface area contributed by atoms with Gasteiger partial charge in [-0.1, -0.05) is 12.1 Å². The van der Waals surface area contributed by atoms with Crippen LogP contribution in [0.3, 0.4) is 0 Å². The molecule has 1 aromatic rings. The van der Waals surface area contributed by atoms with E-state index in [0.717, 1.165) is 29.7 Å². The first-order valence-electron chi connectivity index (χ1n) is 8.24. The van der Waals surface area contributed by atoms with E-state index in [1.165, 1.54) is 44.6 Å². The van der Waals surface area contributed by atoms with E-state index >= 15 is 0 Å². The first kappa shape index (κ1) is 14.2. The predicted molar refractivity (Wildman–Crippen MR) is 86.4 cm³/mol. The van der Waals surface area contributed by atoms with Crippen LogP contribution in [0.5, 0.6) is 0 Å². The summed E-state index contributed by atoms with van der Waals surface area (Å²) in [4.78, 5) is 0. The van der Waals surface area contributed by atoms with Crippen molar-refractivity contribution in [3.63, 3.8) is 0 Å². The zero-order valence-corrected chi connectivity index (χ0v) is 13.9. The Morgan fingerprint density at radius 2 is 1.71 bits per heavy atom. The van der Waals surface area contributed by atoms with E-state index in [1.54, 1.807) is 6.07 Å².